The van der Waals surface area contributed by atoms with Crippen LogP contribution in [0.3, 0.4) is 0 Å². The van der Waals surface area contributed by atoms with Crippen molar-refractivity contribution in [2.45, 2.75) is 136 Å². The summed E-state index contributed by atoms with van der Waals surface area (Å²) < 4.78 is 35.0. The van der Waals surface area contributed by atoms with E-state index in [1.165, 1.54) is 47.1 Å². The van der Waals surface area contributed by atoms with E-state index in [1.807, 2.05) is 0 Å². The van der Waals surface area contributed by atoms with Gasteiger partial charge in [-0.1, -0.05) is 38.0 Å². The number of carboxylic acid groups (broad SMARTS) is 1. The van der Waals surface area contributed by atoms with Crippen molar-refractivity contribution in [3.63, 3.8) is 0 Å². The molecule has 23 heteroatoms. The molecule has 2 aliphatic rings. The molecule has 5 rings (SSSR count). The lowest BCUT2D eigenvalue weighted by Gasteiger charge is -2.25. The number of nitrogens with zero attached hydrogens (tertiary/aromatic N) is 1. The summed E-state index contributed by atoms with van der Waals surface area (Å²) in [7, 11) is 0. The van der Waals surface area contributed by atoms with Crippen molar-refractivity contribution in [3.8, 4) is 28.2 Å². The Morgan fingerprint density at radius 2 is 1.44 bits per heavy atom. The van der Waals surface area contributed by atoms with Gasteiger partial charge in [0.1, 0.15) is 17.1 Å². The number of aliphatic carboxylic acids is 1. The Morgan fingerprint density at radius 1 is 0.750 bits per heavy atom. The number of carboxylic acids is 1. The molecule has 2 heterocycles. The number of carbonyl (C=O) groups is 10. The number of phenolic OH excluding ortho intramolecular Hbond substituents is 1. The van der Waals surface area contributed by atoms with Gasteiger partial charge in [0.2, 0.25) is 29.1 Å². The molecule has 0 bridgehead atoms. The number of primary amides is 1. The van der Waals surface area contributed by atoms with Crippen molar-refractivity contribution in [2.75, 3.05) is 0 Å². The predicted octanol–water partition coefficient (Wildman–Crippen LogP) is 5.21. The van der Waals surface area contributed by atoms with Gasteiger partial charge in [0.15, 0.2) is 40.5 Å². The molecule has 3 aromatic rings. The Labute approximate surface area is 458 Å². The van der Waals surface area contributed by atoms with Crippen LogP contribution in [0.4, 0.5) is 8.78 Å². The van der Waals surface area contributed by atoms with Gasteiger partial charge in [-0.25, -0.2) is 13.8 Å². The predicted molar refractivity (Wildman–Crippen MR) is 285 cm³/mol. The molecule has 0 saturated heterocycles. The van der Waals surface area contributed by atoms with E-state index in [9.17, 15) is 71.7 Å². The molecule has 4 amide bonds. The summed E-state index contributed by atoms with van der Waals surface area (Å²) in [4.78, 5) is 148. The van der Waals surface area contributed by atoms with Crippen LogP contribution in [-0.2, 0) is 49.6 Å². The lowest BCUT2D eigenvalue weighted by Crippen LogP contribution is -2.49. The van der Waals surface area contributed by atoms with Crippen LogP contribution in [-0.4, -0.2) is 108 Å². The van der Waals surface area contributed by atoms with Crippen LogP contribution in [0.2, 0.25) is 0 Å². The molecular weight excluding hydrogens is 1050 g/mol. The number of aliphatic hydroxyl groups is 1. The number of phenols is 1. The summed E-state index contributed by atoms with van der Waals surface area (Å²) in [5.74, 6) is -13.9. The first-order chi connectivity index (χ1) is 37.7. The zero-order valence-electron chi connectivity index (χ0n) is 44.9. The molecule has 8 atom stereocenters. The summed E-state index contributed by atoms with van der Waals surface area (Å²) in [6.07, 6.45) is 0.507. The van der Waals surface area contributed by atoms with Gasteiger partial charge in [0, 0.05) is 109 Å². The Morgan fingerprint density at radius 3 is 2.08 bits per heavy atom. The number of halogens is 2. The second-order valence-electron chi connectivity index (χ2n) is 20.4. The number of aliphatic hydroxyl groups excluding tert-OH is 1. The maximum atomic E-state index is 14.6. The third-order valence-corrected chi connectivity index (χ3v) is 13.9. The van der Waals surface area contributed by atoms with Crippen molar-refractivity contribution < 1.29 is 76.5 Å². The maximum absolute atomic E-state index is 14.6. The van der Waals surface area contributed by atoms with Gasteiger partial charge in [0.05, 0.1) is 36.5 Å². The normalized spacial score (nSPS) is 14.4. The van der Waals surface area contributed by atoms with Crippen molar-refractivity contribution in [2.24, 2.45) is 29.4 Å². The quantitative estimate of drug-likeness (QED) is 0.0156. The molecule has 1 aromatic heterocycles. The minimum absolute atomic E-state index is 0.0136. The van der Waals surface area contributed by atoms with Crippen LogP contribution in [0.25, 0.3) is 33.4 Å². The van der Waals surface area contributed by atoms with Crippen LogP contribution >= 0.6 is 0 Å². The van der Waals surface area contributed by atoms with E-state index >= 15 is 0 Å². The molecule has 1 aliphatic carbocycles. The zero-order chi connectivity index (χ0) is 59.1. The third-order valence-electron chi connectivity index (χ3n) is 13.9. The van der Waals surface area contributed by atoms with Gasteiger partial charge >= 0.3 is 5.97 Å². The number of amides is 4. The number of ketones is 5. The maximum Gasteiger partial charge on any atom is 0.303 e. The number of benzene rings is 3. The molecule has 2 aromatic carbocycles. The van der Waals surface area contributed by atoms with Crippen molar-refractivity contribution in [1.29, 1.82) is 0 Å². The van der Waals surface area contributed by atoms with Crippen LogP contribution in [0, 0.1) is 35.3 Å². The average Bonchev–Trinajstić information content (AvgIpc) is 4.07. The third kappa shape index (κ3) is 17.3. The fourth-order valence-corrected chi connectivity index (χ4v) is 9.19. The first-order valence-corrected chi connectivity index (χ1v) is 26.1. The number of fused-ring (bicyclic) bond motifs is 2. The number of imidazole rings is 1. The number of hydrogen-bond acceptors (Lipinski definition) is 15. The molecular formula is C57H66F2N6O15. The van der Waals surface area contributed by atoms with Gasteiger partial charge in [-0.3, -0.25) is 47.9 Å². The molecule has 0 spiro atoms. The number of nitrogens with two attached hydrogens (primary N) is 1. The lowest BCUT2D eigenvalue weighted by molar-refractivity contribution is -0.138. The first-order valence-electron chi connectivity index (χ1n) is 26.1. The standard InChI is InChI=1S/C57H66F2N6O15/c1-28(55(77)63-31(4)46(70)23-38(32(5)67)57(79)65-43(20-37-26-61-27-62-37)49(73)19-35(54(60)76)14-15-52(74)75)16-45(69)30(3)64-56(78)36(17-29(2)66)10-7-6-8-13-44(68)33-11-9-12-34(18-33)53-39-21-41(58)47(71)24-50(39)80-51-25-48(72)42(59)22-40(51)53/h9,11-12,18,21-22,24-28,30-32,35-36,38,43,67,71H,6-8,10,13-17,19-20,23H2,1-5H3,(H2,60,76)(H,61,62)(H,63,77)(H,64,78)(H,65,79)(H,74,75)/t28-,30+,31+,32-,35-,36-,38+,43+/m0/s1. The minimum Gasteiger partial charge on any atom is -0.505 e. The van der Waals surface area contributed by atoms with Gasteiger partial charge in [0.25, 0.3) is 0 Å². The number of carbonyl (C=O) groups excluding carboxylic acids is 9. The van der Waals surface area contributed by atoms with E-state index in [0.29, 0.717) is 30.5 Å². The van der Waals surface area contributed by atoms with Crippen LogP contribution in [0.1, 0.15) is 121 Å². The molecule has 0 unspecified atom stereocenters. The molecule has 0 saturated carbocycles. The summed E-state index contributed by atoms with van der Waals surface area (Å²) in [6.45, 7) is 6.77. The van der Waals surface area contributed by atoms with Gasteiger partial charge in [-0.05, 0) is 70.7 Å². The number of aromatic hydroxyl groups is 1. The molecule has 9 N–H and O–H groups in total. The number of hydrogen-bond donors (Lipinski definition) is 8. The fraction of sp³-hybridized carbons (Fsp3) is 0.439. The zero-order valence-corrected chi connectivity index (χ0v) is 44.9. The van der Waals surface area contributed by atoms with E-state index < -0.39 is 137 Å². The Bertz CT molecular complexity index is 3160. The van der Waals surface area contributed by atoms with E-state index in [2.05, 4.69) is 25.9 Å². The van der Waals surface area contributed by atoms with Crippen molar-refractivity contribution in [3.05, 3.63) is 94.2 Å². The summed E-state index contributed by atoms with van der Waals surface area (Å²) in [6, 6.07) is 6.70. The van der Waals surface area contributed by atoms with E-state index in [0.717, 1.165) is 24.3 Å². The number of Topliss-reactive ketones (excluding diaryl/α,β-unsaturated/α-hetero) is 5. The molecule has 1 aliphatic heterocycles. The van der Waals surface area contributed by atoms with Crippen LogP contribution in [0.15, 0.2) is 70.3 Å². The summed E-state index contributed by atoms with van der Waals surface area (Å²) in [5, 5.41) is 37.5. The van der Waals surface area contributed by atoms with Gasteiger partial charge < -0.3 is 51.2 Å². The second-order valence-corrected chi connectivity index (χ2v) is 20.4. The number of aromatic nitrogens is 2. The highest BCUT2D eigenvalue weighted by Crippen LogP contribution is 2.42. The topological polar surface area (TPSA) is 352 Å². The van der Waals surface area contributed by atoms with Gasteiger partial charge in [-0.15, -0.1) is 0 Å². The highest BCUT2D eigenvalue weighted by Gasteiger charge is 2.35. The Hall–Kier alpha value is -8.34. The van der Waals surface area contributed by atoms with E-state index in [1.54, 1.807) is 24.3 Å². The number of rotatable bonds is 32. The highest BCUT2D eigenvalue weighted by atomic mass is 19.1. The smallest absolute Gasteiger partial charge is 0.303 e. The van der Waals surface area contributed by atoms with Crippen molar-refractivity contribution in [1.82, 2.24) is 25.9 Å². The first kappa shape index (κ1) is 62.5. The molecule has 21 nitrogen and oxygen atoms in total. The lowest BCUT2D eigenvalue weighted by atomic mass is 9.90. The SMILES string of the molecule is CC(=O)C[C@H](CCCCCC(=O)c1cccc(-c2c3cc(F)c(=O)cc-3oc3cc(O)c(F)cc23)c1)C(=O)N[C@H](C)C(=O)C[C@H](C)C(=O)N[C@H](C)C(=O)C[C@@H](C(=O)N[C@H](Cc1cnc[nH]1)C(=O)C[C@H](CCC(=O)O)C(N)=O)[C@H](C)O. The second kappa shape index (κ2) is 28.5. The Balaban J connectivity index is 1.11. The highest BCUT2D eigenvalue weighted by molar-refractivity contribution is 6.04. The van der Waals surface area contributed by atoms with Crippen LogP contribution in [0.5, 0.6) is 5.75 Å². The Kier molecular flexibility index (Phi) is 22.3. The van der Waals surface area contributed by atoms with E-state index in [4.69, 9.17) is 15.3 Å². The number of unbranched alkanes of at least 4 members (excludes halogenated alkanes) is 2. The number of nitrogens with one attached hydrogen (secondary N) is 4. The van der Waals surface area contributed by atoms with Gasteiger partial charge in [-0.2, -0.15) is 0 Å². The number of H-pyrrole nitrogens is 1. The summed E-state index contributed by atoms with van der Waals surface area (Å²) in [5.41, 5.74) is 5.99. The molecule has 0 fully saturated rings. The minimum atomic E-state index is -1.43. The molecule has 80 heavy (non-hydrogen) atoms. The van der Waals surface area contributed by atoms with Crippen LogP contribution < -0.4 is 27.1 Å². The fourth-order valence-electron chi connectivity index (χ4n) is 9.19. The summed E-state index contributed by atoms with van der Waals surface area (Å²) >= 11 is 0. The largest absolute Gasteiger partial charge is 0.505 e. The molecule has 0 radical (unpaired) electrons. The monoisotopic (exact) mass is 1110 g/mol. The average molecular weight is 1110 g/mol. The number of aromatic amines is 1. The van der Waals surface area contributed by atoms with Crippen molar-refractivity contribution >= 4 is 69.5 Å². The molecule has 428 valence electrons. The van der Waals surface area contributed by atoms with E-state index in [-0.39, 0.29) is 83.5 Å².